The van der Waals surface area contributed by atoms with E-state index in [1.165, 1.54) is 0 Å². The highest BCUT2D eigenvalue weighted by molar-refractivity contribution is 5.73. The molecule has 94 valence electrons. The van der Waals surface area contributed by atoms with E-state index in [0.717, 1.165) is 32.5 Å². The van der Waals surface area contributed by atoms with Crippen LogP contribution in [0, 0.1) is 0 Å². The summed E-state index contributed by atoms with van der Waals surface area (Å²) in [5.41, 5.74) is 10.7. The number of aromatic nitrogens is 2. The lowest BCUT2D eigenvalue weighted by atomic mass is 10.1. The Hall–Kier alpha value is -1.56. The molecule has 1 aromatic heterocycles. The largest absolute Gasteiger partial charge is 0.382 e. The molecule has 1 aliphatic rings. The van der Waals surface area contributed by atoms with Gasteiger partial charge in [-0.3, -0.25) is 9.48 Å². The van der Waals surface area contributed by atoms with Crippen molar-refractivity contribution >= 4 is 11.7 Å². The Morgan fingerprint density at radius 2 is 2.18 bits per heavy atom. The van der Waals surface area contributed by atoms with Crippen molar-refractivity contribution in [2.45, 2.75) is 25.3 Å². The Kier molecular flexibility index (Phi) is 3.63. The molecule has 0 unspecified atom stereocenters. The fourth-order valence-corrected chi connectivity index (χ4v) is 2.23. The Labute approximate surface area is 101 Å². The maximum Gasteiger partial charge on any atom is 0.218 e. The van der Waals surface area contributed by atoms with Gasteiger partial charge in [0.15, 0.2) is 0 Å². The maximum atomic E-state index is 10.7. The van der Waals surface area contributed by atoms with Gasteiger partial charge in [-0.1, -0.05) is 0 Å². The van der Waals surface area contributed by atoms with E-state index in [-0.39, 0.29) is 5.91 Å². The lowest BCUT2D eigenvalue weighted by molar-refractivity contribution is -0.118. The van der Waals surface area contributed by atoms with Crippen LogP contribution >= 0.6 is 0 Å². The average Bonchev–Trinajstić information content (AvgIpc) is 2.74. The van der Waals surface area contributed by atoms with Crippen LogP contribution in [-0.2, 0) is 4.79 Å². The topological polar surface area (TPSA) is 90.2 Å². The zero-order chi connectivity index (χ0) is 12.3. The van der Waals surface area contributed by atoms with Gasteiger partial charge >= 0.3 is 0 Å². The van der Waals surface area contributed by atoms with Gasteiger partial charge in [-0.15, -0.1) is 0 Å². The first-order valence-electron chi connectivity index (χ1n) is 5.96. The molecule has 1 aromatic rings. The standard InChI is InChI=1S/C11H19N5O/c12-10-3-8-16(14-10)9-1-5-15(6-2-9)7-4-11(13)17/h3,8-9H,1-2,4-7H2,(H2,12,14)(H2,13,17). The highest BCUT2D eigenvalue weighted by atomic mass is 16.1. The molecular weight excluding hydrogens is 218 g/mol. The number of carbonyl (C=O) groups excluding carboxylic acids is 1. The van der Waals surface area contributed by atoms with Crippen molar-refractivity contribution in [1.82, 2.24) is 14.7 Å². The maximum absolute atomic E-state index is 10.7. The number of hydrogen-bond acceptors (Lipinski definition) is 4. The van der Waals surface area contributed by atoms with E-state index >= 15 is 0 Å². The van der Waals surface area contributed by atoms with Gasteiger partial charge in [0.05, 0.1) is 6.04 Å². The number of rotatable bonds is 4. The number of nitrogen functional groups attached to an aromatic ring is 1. The summed E-state index contributed by atoms with van der Waals surface area (Å²) >= 11 is 0. The molecule has 0 bridgehead atoms. The second-order valence-corrected chi connectivity index (χ2v) is 4.51. The Balaban J connectivity index is 1.80. The first-order chi connectivity index (χ1) is 8.15. The van der Waals surface area contributed by atoms with Gasteiger partial charge in [0.25, 0.3) is 0 Å². The molecule has 0 radical (unpaired) electrons. The molecule has 0 aliphatic carbocycles. The Morgan fingerprint density at radius 1 is 1.47 bits per heavy atom. The first kappa shape index (κ1) is 11.9. The summed E-state index contributed by atoms with van der Waals surface area (Å²) in [6, 6.07) is 2.25. The molecule has 0 saturated carbocycles. The van der Waals surface area contributed by atoms with Crippen molar-refractivity contribution in [2.75, 3.05) is 25.4 Å². The molecule has 1 fully saturated rings. The summed E-state index contributed by atoms with van der Waals surface area (Å²) < 4.78 is 1.95. The van der Waals surface area contributed by atoms with Crippen LogP contribution in [0.2, 0.25) is 0 Å². The molecular formula is C11H19N5O. The third kappa shape index (κ3) is 3.20. The second kappa shape index (κ2) is 5.18. The molecule has 0 aromatic carbocycles. The lowest BCUT2D eigenvalue weighted by Crippen LogP contribution is -2.36. The van der Waals surface area contributed by atoms with Gasteiger partial charge < -0.3 is 16.4 Å². The predicted octanol–water partition coefficient (Wildman–Crippen LogP) is -0.0224. The van der Waals surface area contributed by atoms with Gasteiger partial charge in [0.2, 0.25) is 5.91 Å². The number of anilines is 1. The SMILES string of the molecule is NC(=O)CCN1CCC(n2ccc(N)n2)CC1. The van der Waals surface area contributed by atoms with Crippen molar-refractivity contribution in [3.63, 3.8) is 0 Å². The van der Waals surface area contributed by atoms with Gasteiger partial charge in [0.1, 0.15) is 5.82 Å². The van der Waals surface area contributed by atoms with Crippen molar-refractivity contribution < 1.29 is 4.79 Å². The smallest absolute Gasteiger partial charge is 0.218 e. The fourth-order valence-electron chi connectivity index (χ4n) is 2.23. The third-order valence-electron chi connectivity index (χ3n) is 3.23. The van der Waals surface area contributed by atoms with Crippen LogP contribution in [0.3, 0.4) is 0 Å². The van der Waals surface area contributed by atoms with Crippen LogP contribution in [0.25, 0.3) is 0 Å². The molecule has 17 heavy (non-hydrogen) atoms. The number of carbonyl (C=O) groups is 1. The number of primary amides is 1. The molecule has 6 nitrogen and oxygen atoms in total. The van der Waals surface area contributed by atoms with E-state index in [9.17, 15) is 4.79 Å². The number of likely N-dealkylation sites (tertiary alicyclic amines) is 1. The Bertz CT molecular complexity index is 381. The van der Waals surface area contributed by atoms with Crippen molar-refractivity contribution in [2.24, 2.45) is 5.73 Å². The van der Waals surface area contributed by atoms with Crippen LogP contribution in [0.4, 0.5) is 5.82 Å². The summed E-state index contributed by atoms with van der Waals surface area (Å²) in [6.07, 6.45) is 4.46. The highest BCUT2D eigenvalue weighted by Gasteiger charge is 2.20. The molecule has 1 aliphatic heterocycles. The summed E-state index contributed by atoms with van der Waals surface area (Å²) in [5.74, 6) is 0.341. The van der Waals surface area contributed by atoms with E-state index < -0.39 is 0 Å². The normalized spacial score (nSPS) is 18.4. The van der Waals surface area contributed by atoms with Gasteiger partial charge in [0, 0.05) is 32.3 Å². The van der Waals surface area contributed by atoms with Crippen LogP contribution in [0.15, 0.2) is 12.3 Å². The number of piperidine rings is 1. The number of amides is 1. The Morgan fingerprint density at radius 3 is 2.71 bits per heavy atom. The van der Waals surface area contributed by atoms with Crippen LogP contribution in [0.5, 0.6) is 0 Å². The van der Waals surface area contributed by atoms with Crippen molar-refractivity contribution in [3.8, 4) is 0 Å². The molecule has 6 heteroatoms. The monoisotopic (exact) mass is 237 g/mol. The zero-order valence-electron chi connectivity index (χ0n) is 9.88. The van der Waals surface area contributed by atoms with Gasteiger partial charge in [-0.2, -0.15) is 5.10 Å². The summed E-state index contributed by atoms with van der Waals surface area (Å²) in [6.45, 7) is 2.73. The molecule has 4 N–H and O–H groups in total. The number of hydrogen-bond donors (Lipinski definition) is 2. The van der Waals surface area contributed by atoms with Crippen LogP contribution in [0.1, 0.15) is 25.3 Å². The quantitative estimate of drug-likeness (QED) is 0.770. The minimum absolute atomic E-state index is 0.230. The molecule has 0 atom stereocenters. The summed E-state index contributed by atoms with van der Waals surface area (Å²) in [7, 11) is 0. The minimum Gasteiger partial charge on any atom is -0.382 e. The molecule has 2 rings (SSSR count). The predicted molar refractivity (Wildman–Crippen MR) is 65.2 cm³/mol. The molecule has 1 saturated heterocycles. The highest BCUT2D eigenvalue weighted by Crippen LogP contribution is 2.22. The van der Waals surface area contributed by atoms with E-state index in [0.29, 0.717) is 18.3 Å². The minimum atomic E-state index is -0.230. The van der Waals surface area contributed by atoms with Gasteiger partial charge in [-0.05, 0) is 18.9 Å². The summed E-state index contributed by atoms with van der Waals surface area (Å²) in [5, 5.41) is 4.24. The third-order valence-corrected chi connectivity index (χ3v) is 3.23. The average molecular weight is 237 g/mol. The van der Waals surface area contributed by atoms with Crippen LogP contribution in [-0.4, -0.2) is 40.2 Å². The van der Waals surface area contributed by atoms with Crippen molar-refractivity contribution in [3.05, 3.63) is 12.3 Å². The summed E-state index contributed by atoms with van der Waals surface area (Å²) in [4.78, 5) is 13.0. The van der Waals surface area contributed by atoms with Gasteiger partial charge in [-0.25, -0.2) is 0 Å². The molecule has 1 amide bonds. The number of nitrogens with two attached hydrogens (primary N) is 2. The molecule has 2 heterocycles. The zero-order valence-corrected chi connectivity index (χ0v) is 9.88. The fraction of sp³-hybridized carbons (Fsp3) is 0.636. The second-order valence-electron chi connectivity index (χ2n) is 4.51. The molecule has 0 spiro atoms. The van der Waals surface area contributed by atoms with E-state index in [1.807, 2.05) is 16.9 Å². The van der Waals surface area contributed by atoms with Crippen LogP contribution < -0.4 is 11.5 Å². The van der Waals surface area contributed by atoms with E-state index in [1.54, 1.807) is 0 Å². The lowest BCUT2D eigenvalue weighted by Gasteiger charge is -2.31. The first-order valence-corrected chi connectivity index (χ1v) is 5.96. The van der Waals surface area contributed by atoms with E-state index in [2.05, 4.69) is 10.00 Å². The van der Waals surface area contributed by atoms with Crippen molar-refractivity contribution in [1.29, 1.82) is 0 Å². The van der Waals surface area contributed by atoms with E-state index in [4.69, 9.17) is 11.5 Å². The number of nitrogens with zero attached hydrogens (tertiary/aromatic N) is 3.